The SMILES string of the molecule is O=C(O[C@H](C(=O)O)[C@H](O)[C@H](O)[C@H](O)CO)[C@@H](O)[C@@H](O)[C@H](O)[C@H](O)CO. The summed E-state index contributed by atoms with van der Waals surface area (Å²) in [5.74, 6) is -3.85. The van der Waals surface area contributed by atoms with E-state index in [0.717, 1.165) is 0 Å². The Balaban J connectivity index is 5.08. The summed E-state index contributed by atoms with van der Waals surface area (Å²) >= 11 is 0. The van der Waals surface area contributed by atoms with Gasteiger partial charge >= 0.3 is 11.9 Å². The molecule has 0 rings (SSSR count). The van der Waals surface area contributed by atoms with Crippen molar-refractivity contribution >= 4 is 11.9 Å². The van der Waals surface area contributed by atoms with Gasteiger partial charge in [0.1, 0.15) is 36.6 Å². The van der Waals surface area contributed by atoms with E-state index in [1.165, 1.54) is 0 Å². The molecule has 25 heavy (non-hydrogen) atoms. The van der Waals surface area contributed by atoms with Gasteiger partial charge in [0.05, 0.1) is 13.2 Å². The minimum atomic E-state index is -2.58. The fourth-order valence-corrected chi connectivity index (χ4v) is 1.64. The van der Waals surface area contributed by atoms with Crippen LogP contribution in [0.1, 0.15) is 0 Å². The predicted molar refractivity (Wildman–Crippen MR) is 73.7 cm³/mol. The molecular weight excluding hydrogens is 352 g/mol. The zero-order valence-corrected chi connectivity index (χ0v) is 12.7. The Morgan fingerprint density at radius 1 is 0.720 bits per heavy atom. The smallest absolute Gasteiger partial charge is 0.347 e. The summed E-state index contributed by atoms with van der Waals surface area (Å²) in [6, 6.07) is 0. The number of aliphatic hydroxyl groups excluding tert-OH is 9. The van der Waals surface area contributed by atoms with E-state index in [9.17, 15) is 35.1 Å². The largest absolute Gasteiger partial charge is 0.478 e. The second-order valence-corrected chi connectivity index (χ2v) is 5.10. The van der Waals surface area contributed by atoms with Crippen LogP contribution in [-0.2, 0) is 14.3 Å². The molecular formula is C12H22O13. The molecule has 0 fully saturated rings. The molecule has 0 bridgehead atoms. The highest BCUT2D eigenvalue weighted by atomic mass is 16.6. The van der Waals surface area contributed by atoms with Crippen molar-refractivity contribution in [2.75, 3.05) is 13.2 Å². The normalized spacial score (nSPS) is 21.3. The summed E-state index contributed by atoms with van der Waals surface area (Å²) in [6.45, 7) is -2.08. The van der Waals surface area contributed by atoms with Gasteiger partial charge in [-0.25, -0.2) is 9.59 Å². The van der Waals surface area contributed by atoms with Gasteiger partial charge in [-0.05, 0) is 0 Å². The summed E-state index contributed by atoms with van der Waals surface area (Å²) in [7, 11) is 0. The Kier molecular flexibility index (Phi) is 9.95. The van der Waals surface area contributed by atoms with Gasteiger partial charge in [0, 0.05) is 0 Å². The maximum absolute atomic E-state index is 11.6. The topological polar surface area (TPSA) is 246 Å². The fourth-order valence-electron chi connectivity index (χ4n) is 1.64. The van der Waals surface area contributed by atoms with Crippen LogP contribution in [0.4, 0.5) is 0 Å². The Morgan fingerprint density at radius 2 is 1.12 bits per heavy atom. The Labute approximate surface area is 140 Å². The maximum atomic E-state index is 11.6. The standard InChI is InChI=1S/C12H22O13/c13-1-3(15)5(17)7(19)9(21)12(24)25-10(11(22)23)8(20)6(18)4(16)2-14/h3-10,13-21H,1-2H2,(H,22,23)/t3-,4-,5-,6-,7+,8-,9+,10+/m1/s1. The number of carboxylic acid groups (broad SMARTS) is 1. The molecule has 0 saturated heterocycles. The monoisotopic (exact) mass is 374 g/mol. The lowest BCUT2D eigenvalue weighted by atomic mass is 10.0. The molecule has 0 radical (unpaired) electrons. The maximum Gasteiger partial charge on any atom is 0.347 e. The number of hydrogen-bond acceptors (Lipinski definition) is 12. The van der Waals surface area contributed by atoms with Crippen LogP contribution in [0.3, 0.4) is 0 Å². The van der Waals surface area contributed by atoms with Gasteiger partial charge in [-0.15, -0.1) is 0 Å². The third kappa shape index (κ3) is 6.43. The number of aliphatic hydroxyl groups is 9. The number of aliphatic carboxylic acids is 1. The molecule has 0 unspecified atom stereocenters. The van der Waals surface area contributed by atoms with E-state index < -0.39 is 74.0 Å². The number of esters is 1. The van der Waals surface area contributed by atoms with Gasteiger partial charge in [0.2, 0.25) is 6.10 Å². The number of carboxylic acids is 1. The predicted octanol–water partition coefficient (Wildman–Crippen LogP) is -6.51. The molecule has 0 aromatic heterocycles. The van der Waals surface area contributed by atoms with Crippen molar-refractivity contribution in [1.82, 2.24) is 0 Å². The second kappa shape index (κ2) is 10.5. The van der Waals surface area contributed by atoms with Gasteiger partial charge in [0.15, 0.2) is 6.10 Å². The lowest BCUT2D eigenvalue weighted by Crippen LogP contribution is -2.53. The highest BCUT2D eigenvalue weighted by molar-refractivity contribution is 5.81. The molecule has 0 spiro atoms. The van der Waals surface area contributed by atoms with Crippen molar-refractivity contribution in [2.45, 2.75) is 48.8 Å². The van der Waals surface area contributed by atoms with Gasteiger partial charge in [0.25, 0.3) is 0 Å². The first kappa shape index (κ1) is 23.6. The fraction of sp³-hybridized carbons (Fsp3) is 0.833. The zero-order chi connectivity index (χ0) is 19.9. The molecule has 0 aliphatic carbocycles. The van der Waals surface area contributed by atoms with Crippen LogP contribution in [0.25, 0.3) is 0 Å². The van der Waals surface area contributed by atoms with E-state index in [-0.39, 0.29) is 0 Å². The third-order valence-electron chi connectivity index (χ3n) is 3.22. The van der Waals surface area contributed by atoms with Crippen LogP contribution in [0, 0.1) is 0 Å². The quantitative estimate of drug-likeness (QED) is 0.151. The van der Waals surface area contributed by atoms with Gasteiger partial charge in [-0.2, -0.15) is 0 Å². The van der Waals surface area contributed by atoms with E-state index >= 15 is 0 Å². The van der Waals surface area contributed by atoms with E-state index in [4.69, 9.17) is 25.5 Å². The Hall–Kier alpha value is -1.42. The highest BCUT2D eigenvalue weighted by Gasteiger charge is 2.42. The van der Waals surface area contributed by atoms with Crippen molar-refractivity contribution in [3.8, 4) is 0 Å². The molecule has 0 aromatic carbocycles. The minimum Gasteiger partial charge on any atom is -0.478 e. The number of ether oxygens (including phenoxy) is 1. The zero-order valence-electron chi connectivity index (χ0n) is 12.7. The molecule has 10 N–H and O–H groups in total. The van der Waals surface area contributed by atoms with Crippen molar-refractivity contribution in [3.63, 3.8) is 0 Å². The lowest BCUT2D eigenvalue weighted by Gasteiger charge is -2.28. The molecule has 0 aliphatic heterocycles. The van der Waals surface area contributed by atoms with Crippen LogP contribution in [-0.4, -0.2) is 125 Å². The summed E-state index contributed by atoms with van der Waals surface area (Å²) in [5.41, 5.74) is 0. The molecule has 0 aliphatic rings. The molecule has 0 amide bonds. The van der Waals surface area contributed by atoms with E-state index in [1.807, 2.05) is 0 Å². The van der Waals surface area contributed by atoms with Crippen molar-refractivity contribution < 1.29 is 65.4 Å². The average molecular weight is 374 g/mol. The highest BCUT2D eigenvalue weighted by Crippen LogP contribution is 2.13. The summed E-state index contributed by atoms with van der Waals surface area (Å²) < 4.78 is 4.23. The number of carbonyl (C=O) groups is 2. The molecule has 13 nitrogen and oxygen atoms in total. The first-order chi connectivity index (χ1) is 11.5. The third-order valence-corrected chi connectivity index (χ3v) is 3.22. The summed E-state index contributed by atoms with van der Waals surface area (Å²) in [4.78, 5) is 22.6. The molecule has 8 atom stereocenters. The number of hydrogen-bond donors (Lipinski definition) is 10. The van der Waals surface area contributed by atoms with Gasteiger partial charge in [-0.3, -0.25) is 0 Å². The minimum absolute atomic E-state index is 1.03. The van der Waals surface area contributed by atoms with Gasteiger partial charge in [-0.1, -0.05) is 0 Å². The molecule has 0 aromatic rings. The van der Waals surface area contributed by atoms with Crippen molar-refractivity contribution in [1.29, 1.82) is 0 Å². The van der Waals surface area contributed by atoms with Gasteiger partial charge < -0.3 is 55.8 Å². The first-order valence-corrected chi connectivity index (χ1v) is 6.91. The molecule has 0 saturated carbocycles. The van der Waals surface area contributed by atoms with Crippen LogP contribution < -0.4 is 0 Å². The summed E-state index contributed by atoms with van der Waals surface area (Å²) in [5, 5.41) is 91.8. The number of carbonyl (C=O) groups excluding carboxylic acids is 1. The van der Waals surface area contributed by atoms with Crippen molar-refractivity contribution in [3.05, 3.63) is 0 Å². The molecule has 0 heterocycles. The van der Waals surface area contributed by atoms with Crippen LogP contribution in [0.15, 0.2) is 0 Å². The lowest BCUT2D eigenvalue weighted by molar-refractivity contribution is -0.195. The van der Waals surface area contributed by atoms with Crippen LogP contribution >= 0.6 is 0 Å². The summed E-state index contributed by atoms with van der Waals surface area (Å²) in [6.07, 6.45) is -18.2. The average Bonchev–Trinajstić information content (AvgIpc) is 2.60. The van der Waals surface area contributed by atoms with Crippen LogP contribution in [0.2, 0.25) is 0 Å². The van der Waals surface area contributed by atoms with E-state index in [2.05, 4.69) is 4.74 Å². The number of rotatable bonds is 11. The van der Waals surface area contributed by atoms with E-state index in [0.29, 0.717) is 0 Å². The first-order valence-electron chi connectivity index (χ1n) is 6.91. The van der Waals surface area contributed by atoms with Crippen LogP contribution in [0.5, 0.6) is 0 Å². The molecule has 13 heteroatoms. The Bertz CT molecular complexity index is 429. The second-order valence-electron chi connectivity index (χ2n) is 5.10. The van der Waals surface area contributed by atoms with Crippen molar-refractivity contribution in [2.24, 2.45) is 0 Å². The molecule has 148 valence electrons. The van der Waals surface area contributed by atoms with E-state index in [1.54, 1.807) is 0 Å². The Morgan fingerprint density at radius 3 is 1.48 bits per heavy atom.